The number of hydrogen-bond acceptors (Lipinski definition) is 4. The van der Waals surface area contributed by atoms with Crippen molar-refractivity contribution < 1.29 is 4.74 Å². The molecule has 1 saturated heterocycles. The predicted molar refractivity (Wildman–Crippen MR) is 72.8 cm³/mol. The first-order valence-corrected chi connectivity index (χ1v) is 7.59. The monoisotopic (exact) mass is 264 g/mol. The Kier molecular flexibility index (Phi) is 4.13. The summed E-state index contributed by atoms with van der Waals surface area (Å²) >= 11 is 0. The number of aromatic nitrogens is 3. The molecule has 1 aliphatic heterocycles. The Morgan fingerprint density at radius 1 is 1.26 bits per heavy atom. The quantitative estimate of drug-likeness (QED) is 0.823. The van der Waals surface area contributed by atoms with E-state index in [1.165, 1.54) is 44.9 Å². The Balaban J connectivity index is 1.35. The SMILES string of the molecule is c1cn(CCNCC2CCC3(CCCCC3)O2)nn1. The first-order valence-electron chi connectivity index (χ1n) is 7.59. The highest BCUT2D eigenvalue weighted by Crippen LogP contribution is 2.41. The maximum atomic E-state index is 6.33. The molecule has 106 valence electrons. The largest absolute Gasteiger partial charge is 0.370 e. The van der Waals surface area contributed by atoms with Crippen LogP contribution in [0.25, 0.3) is 0 Å². The number of rotatable bonds is 5. The molecule has 1 spiro atoms. The molecule has 2 aliphatic rings. The van der Waals surface area contributed by atoms with Crippen LogP contribution in [0.3, 0.4) is 0 Å². The zero-order chi connectivity index (χ0) is 13.0. The van der Waals surface area contributed by atoms with Gasteiger partial charge in [-0.3, -0.25) is 4.68 Å². The molecule has 1 aliphatic carbocycles. The number of ether oxygens (including phenoxy) is 1. The molecule has 5 nitrogen and oxygen atoms in total. The van der Waals surface area contributed by atoms with Crippen molar-refractivity contribution in [3.05, 3.63) is 12.4 Å². The van der Waals surface area contributed by atoms with Crippen molar-refractivity contribution in [2.75, 3.05) is 13.1 Å². The molecule has 2 fully saturated rings. The molecule has 2 heterocycles. The summed E-state index contributed by atoms with van der Waals surface area (Å²) in [6.07, 6.45) is 13.2. The zero-order valence-corrected chi connectivity index (χ0v) is 11.6. The number of nitrogens with one attached hydrogen (secondary N) is 1. The third-order valence-corrected chi connectivity index (χ3v) is 4.47. The molecule has 19 heavy (non-hydrogen) atoms. The Bertz CT molecular complexity index is 373. The Hall–Kier alpha value is -0.940. The van der Waals surface area contributed by atoms with Crippen LogP contribution in [0.4, 0.5) is 0 Å². The van der Waals surface area contributed by atoms with Gasteiger partial charge in [0.1, 0.15) is 0 Å². The molecule has 0 bridgehead atoms. The van der Waals surface area contributed by atoms with Gasteiger partial charge in [-0.05, 0) is 25.7 Å². The van der Waals surface area contributed by atoms with E-state index in [4.69, 9.17) is 4.74 Å². The summed E-state index contributed by atoms with van der Waals surface area (Å²) in [6, 6.07) is 0. The van der Waals surface area contributed by atoms with Gasteiger partial charge in [-0.2, -0.15) is 0 Å². The highest BCUT2D eigenvalue weighted by molar-refractivity contribution is 4.91. The Morgan fingerprint density at radius 2 is 2.16 bits per heavy atom. The van der Waals surface area contributed by atoms with Gasteiger partial charge in [-0.1, -0.05) is 24.5 Å². The van der Waals surface area contributed by atoms with E-state index in [2.05, 4.69) is 15.6 Å². The van der Waals surface area contributed by atoms with Crippen LogP contribution in [0.2, 0.25) is 0 Å². The second-order valence-corrected chi connectivity index (χ2v) is 5.89. The molecule has 5 heteroatoms. The summed E-state index contributed by atoms with van der Waals surface area (Å²) in [7, 11) is 0. The molecule has 1 unspecified atom stereocenters. The summed E-state index contributed by atoms with van der Waals surface area (Å²) in [5.41, 5.74) is 0.247. The second-order valence-electron chi connectivity index (χ2n) is 5.89. The van der Waals surface area contributed by atoms with Crippen molar-refractivity contribution in [1.29, 1.82) is 0 Å². The predicted octanol–water partition coefficient (Wildman–Crippen LogP) is 1.75. The van der Waals surface area contributed by atoms with Crippen LogP contribution in [0.5, 0.6) is 0 Å². The topological polar surface area (TPSA) is 52.0 Å². The smallest absolute Gasteiger partial charge is 0.0708 e. The van der Waals surface area contributed by atoms with Crippen molar-refractivity contribution in [2.45, 2.75) is 63.2 Å². The average Bonchev–Trinajstić information content (AvgIpc) is 3.07. The van der Waals surface area contributed by atoms with Gasteiger partial charge in [-0.15, -0.1) is 5.10 Å². The second kappa shape index (κ2) is 6.01. The number of nitrogens with zero attached hydrogens (tertiary/aromatic N) is 3. The minimum absolute atomic E-state index is 0.247. The van der Waals surface area contributed by atoms with Crippen molar-refractivity contribution >= 4 is 0 Å². The molecule has 0 aromatic carbocycles. The molecular weight excluding hydrogens is 240 g/mol. The Labute approximate surface area is 114 Å². The summed E-state index contributed by atoms with van der Waals surface area (Å²) in [5, 5.41) is 11.2. The van der Waals surface area contributed by atoms with Gasteiger partial charge in [0.05, 0.1) is 24.4 Å². The van der Waals surface area contributed by atoms with Crippen LogP contribution in [0.1, 0.15) is 44.9 Å². The summed E-state index contributed by atoms with van der Waals surface area (Å²) < 4.78 is 8.18. The molecule has 1 aromatic heterocycles. The maximum absolute atomic E-state index is 6.33. The van der Waals surface area contributed by atoms with E-state index in [0.29, 0.717) is 6.10 Å². The van der Waals surface area contributed by atoms with Crippen LogP contribution < -0.4 is 5.32 Å². The lowest BCUT2D eigenvalue weighted by molar-refractivity contribution is -0.0623. The van der Waals surface area contributed by atoms with Crippen LogP contribution >= 0.6 is 0 Å². The van der Waals surface area contributed by atoms with E-state index < -0.39 is 0 Å². The van der Waals surface area contributed by atoms with Gasteiger partial charge in [0.2, 0.25) is 0 Å². The molecule has 0 amide bonds. The lowest BCUT2D eigenvalue weighted by Crippen LogP contribution is -2.35. The summed E-state index contributed by atoms with van der Waals surface area (Å²) in [5.74, 6) is 0. The van der Waals surface area contributed by atoms with Crippen molar-refractivity contribution in [3.8, 4) is 0 Å². The normalized spacial score (nSPS) is 26.0. The molecule has 1 N–H and O–H groups in total. The van der Waals surface area contributed by atoms with E-state index >= 15 is 0 Å². The molecular formula is C14H24N4O. The average molecular weight is 264 g/mol. The van der Waals surface area contributed by atoms with Crippen LogP contribution in [0.15, 0.2) is 12.4 Å². The van der Waals surface area contributed by atoms with E-state index in [0.717, 1.165) is 19.6 Å². The van der Waals surface area contributed by atoms with E-state index in [1.807, 2.05) is 10.9 Å². The molecule has 0 radical (unpaired) electrons. The van der Waals surface area contributed by atoms with Crippen molar-refractivity contribution in [3.63, 3.8) is 0 Å². The van der Waals surface area contributed by atoms with E-state index in [9.17, 15) is 0 Å². The van der Waals surface area contributed by atoms with Crippen LogP contribution in [-0.2, 0) is 11.3 Å². The third kappa shape index (κ3) is 3.34. The van der Waals surface area contributed by atoms with Gasteiger partial charge in [-0.25, -0.2) is 0 Å². The fraction of sp³-hybridized carbons (Fsp3) is 0.857. The van der Waals surface area contributed by atoms with Gasteiger partial charge in [0.15, 0.2) is 0 Å². The minimum Gasteiger partial charge on any atom is -0.370 e. The fourth-order valence-electron chi connectivity index (χ4n) is 3.41. The van der Waals surface area contributed by atoms with Gasteiger partial charge in [0.25, 0.3) is 0 Å². The Morgan fingerprint density at radius 3 is 2.95 bits per heavy atom. The minimum atomic E-state index is 0.247. The zero-order valence-electron chi connectivity index (χ0n) is 11.6. The first-order chi connectivity index (χ1) is 9.36. The van der Waals surface area contributed by atoms with Crippen molar-refractivity contribution in [1.82, 2.24) is 20.3 Å². The standard InChI is InChI=1S/C14H24N4O/c1-2-5-14(6-3-1)7-4-13(19-14)12-15-8-10-18-11-9-16-17-18/h9,11,13,15H,1-8,10,12H2. The summed E-state index contributed by atoms with van der Waals surface area (Å²) in [6.45, 7) is 2.77. The van der Waals surface area contributed by atoms with E-state index in [1.54, 1.807) is 6.20 Å². The lowest BCUT2D eigenvalue weighted by atomic mass is 9.83. The third-order valence-electron chi connectivity index (χ3n) is 4.47. The van der Waals surface area contributed by atoms with Gasteiger partial charge in [0, 0.05) is 19.3 Å². The van der Waals surface area contributed by atoms with Crippen LogP contribution in [0, 0.1) is 0 Å². The molecule has 3 rings (SSSR count). The lowest BCUT2D eigenvalue weighted by Gasteiger charge is -2.33. The van der Waals surface area contributed by atoms with Gasteiger partial charge < -0.3 is 10.1 Å². The maximum Gasteiger partial charge on any atom is 0.0708 e. The molecule has 1 atom stereocenters. The number of hydrogen-bond donors (Lipinski definition) is 1. The van der Waals surface area contributed by atoms with Gasteiger partial charge >= 0.3 is 0 Å². The fourth-order valence-corrected chi connectivity index (χ4v) is 3.41. The highest BCUT2D eigenvalue weighted by atomic mass is 16.5. The van der Waals surface area contributed by atoms with E-state index in [-0.39, 0.29) is 5.60 Å². The first kappa shape index (κ1) is 13.1. The van der Waals surface area contributed by atoms with Crippen LogP contribution in [-0.4, -0.2) is 39.8 Å². The summed E-state index contributed by atoms with van der Waals surface area (Å²) in [4.78, 5) is 0. The highest BCUT2D eigenvalue weighted by Gasteiger charge is 2.40. The van der Waals surface area contributed by atoms with Crippen molar-refractivity contribution in [2.24, 2.45) is 0 Å². The molecule has 1 aromatic rings. The molecule has 1 saturated carbocycles.